The summed E-state index contributed by atoms with van der Waals surface area (Å²) in [6.45, 7) is 1.29. The number of benzene rings is 1. The molecule has 0 N–H and O–H groups in total. The van der Waals surface area contributed by atoms with Crippen LogP contribution in [0.25, 0.3) is 0 Å². The smallest absolute Gasteiger partial charge is 0.271 e. The molecule has 15 heavy (non-hydrogen) atoms. The summed E-state index contributed by atoms with van der Waals surface area (Å²) in [6.07, 6.45) is 0. The number of hydrogen-bond acceptors (Lipinski definition) is 4. The third-order valence-electron chi connectivity index (χ3n) is 1.82. The Morgan fingerprint density at radius 2 is 2.13 bits per heavy atom. The number of nitro groups is 1. The minimum atomic E-state index is -0.613. The summed E-state index contributed by atoms with van der Waals surface area (Å²) >= 11 is 5.74. The van der Waals surface area contributed by atoms with E-state index in [2.05, 4.69) is 0 Å². The van der Waals surface area contributed by atoms with Crippen LogP contribution in [0.3, 0.4) is 0 Å². The van der Waals surface area contributed by atoms with Crippen LogP contribution < -0.4 is 4.74 Å². The molecule has 1 aromatic carbocycles. The van der Waals surface area contributed by atoms with Crippen molar-refractivity contribution < 1.29 is 14.5 Å². The average molecular weight is 230 g/mol. The number of nitrogens with zero attached hydrogens (tertiary/aromatic N) is 1. The number of nitro benzene ring substituents is 1. The molecule has 0 aliphatic rings. The fourth-order valence-corrected chi connectivity index (χ4v) is 1.44. The molecule has 0 bridgehead atoms. The molecule has 0 aliphatic heterocycles. The van der Waals surface area contributed by atoms with Crippen LogP contribution in [0.15, 0.2) is 12.1 Å². The molecule has 0 spiro atoms. The highest BCUT2D eigenvalue weighted by Crippen LogP contribution is 2.33. The molecule has 0 saturated heterocycles. The van der Waals surface area contributed by atoms with Crippen LogP contribution >= 0.6 is 11.6 Å². The van der Waals surface area contributed by atoms with E-state index in [9.17, 15) is 14.9 Å². The zero-order valence-corrected chi connectivity index (χ0v) is 8.87. The summed E-state index contributed by atoms with van der Waals surface area (Å²) in [6, 6.07) is 2.29. The van der Waals surface area contributed by atoms with E-state index >= 15 is 0 Å². The van der Waals surface area contributed by atoms with Crippen LogP contribution in [-0.2, 0) is 0 Å². The van der Waals surface area contributed by atoms with Crippen molar-refractivity contribution in [1.82, 2.24) is 0 Å². The zero-order valence-electron chi connectivity index (χ0n) is 8.11. The van der Waals surface area contributed by atoms with Gasteiger partial charge in [-0.3, -0.25) is 14.9 Å². The van der Waals surface area contributed by atoms with Crippen molar-refractivity contribution in [2.75, 3.05) is 7.11 Å². The third-order valence-corrected chi connectivity index (χ3v) is 2.10. The highest BCUT2D eigenvalue weighted by molar-refractivity contribution is 6.33. The molecule has 1 aromatic rings. The molecular formula is C9H8ClNO4. The molecule has 80 valence electrons. The molecule has 0 radical (unpaired) electrons. The van der Waals surface area contributed by atoms with Gasteiger partial charge in [0.1, 0.15) is 5.75 Å². The van der Waals surface area contributed by atoms with Crippen molar-refractivity contribution in [3.05, 3.63) is 32.8 Å². The number of carbonyl (C=O) groups is 1. The molecule has 0 aromatic heterocycles. The van der Waals surface area contributed by atoms with Gasteiger partial charge >= 0.3 is 0 Å². The SMILES string of the molecule is COc1c(Cl)cc([N+](=O)[O-])cc1C(C)=O. The van der Waals surface area contributed by atoms with Crippen molar-refractivity contribution in [3.8, 4) is 5.75 Å². The van der Waals surface area contributed by atoms with E-state index in [4.69, 9.17) is 16.3 Å². The van der Waals surface area contributed by atoms with Crippen molar-refractivity contribution in [2.24, 2.45) is 0 Å². The number of carbonyl (C=O) groups excluding carboxylic acids is 1. The second kappa shape index (κ2) is 4.27. The molecule has 0 fully saturated rings. The number of ketones is 1. The Labute approximate surface area is 90.8 Å². The Morgan fingerprint density at radius 1 is 1.53 bits per heavy atom. The topological polar surface area (TPSA) is 69.4 Å². The lowest BCUT2D eigenvalue weighted by Crippen LogP contribution is -2.00. The number of Topliss-reactive ketones (excluding diaryl/α,β-unsaturated/α-hetero) is 1. The predicted molar refractivity (Wildman–Crippen MR) is 54.7 cm³/mol. The molecule has 0 aliphatic carbocycles. The first-order valence-electron chi connectivity index (χ1n) is 4.00. The fraction of sp³-hybridized carbons (Fsp3) is 0.222. The van der Waals surface area contributed by atoms with Crippen LogP contribution in [0.4, 0.5) is 5.69 Å². The van der Waals surface area contributed by atoms with Crippen molar-refractivity contribution in [1.29, 1.82) is 0 Å². The van der Waals surface area contributed by atoms with Crippen LogP contribution in [-0.4, -0.2) is 17.8 Å². The maximum absolute atomic E-state index is 11.2. The second-order valence-corrected chi connectivity index (χ2v) is 3.23. The van der Waals surface area contributed by atoms with Crippen LogP contribution in [0.2, 0.25) is 5.02 Å². The fourth-order valence-electron chi connectivity index (χ4n) is 1.15. The molecule has 0 atom stereocenters. The average Bonchev–Trinajstić information content (AvgIpc) is 2.16. The molecule has 6 heteroatoms. The number of halogens is 1. The first-order chi connectivity index (χ1) is 6.97. The van der Waals surface area contributed by atoms with Gasteiger partial charge in [0.25, 0.3) is 5.69 Å². The lowest BCUT2D eigenvalue weighted by molar-refractivity contribution is -0.384. The molecule has 1 rings (SSSR count). The first-order valence-corrected chi connectivity index (χ1v) is 4.38. The summed E-state index contributed by atoms with van der Waals surface area (Å²) in [5.41, 5.74) is -0.122. The maximum atomic E-state index is 11.2. The molecule has 0 saturated carbocycles. The largest absolute Gasteiger partial charge is 0.494 e. The van der Waals surface area contributed by atoms with E-state index in [1.165, 1.54) is 14.0 Å². The van der Waals surface area contributed by atoms with E-state index in [-0.39, 0.29) is 27.8 Å². The van der Waals surface area contributed by atoms with Crippen molar-refractivity contribution in [2.45, 2.75) is 6.92 Å². The summed E-state index contributed by atoms with van der Waals surface area (Å²) in [7, 11) is 1.35. The Kier molecular flexibility index (Phi) is 3.26. The van der Waals surface area contributed by atoms with Gasteiger partial charge in [-0.05, 0) is 6.92 Å². The van der Waals surface area contributed by atoms with Gasteiger partial charge in [0.2, 0.25) is 0 Å². The van der Waals surface area contributed by atoms with Crippen molar-refractivity contribution >= 4 is 23.1 Å². The van der Waals surface area contributed by atoms with E-state index in [1.807, 2.05) is 0 Å². The lowest BCUT2D eigenvalue weighted by Gasteiger charge is -2.07. The number of rotatable bonds is 3. The normalized spacial score (nSPS) is 9.80. The Balaban J connectivity index is 3.45. The van der Waals surface area contributed by atoms with E-state index < -0.39 is 4.92 Å². The van der Waals surface area contributed by atoms with E-state index in [0.717, 1.165) is 12.1 Å². The Bertz CT molecular complexity index is 430. The molecule has 0 amide bonds. The Morgan fingerprint density at radius 3 is 2.53 bits per heavy atom. The second-order valence-electron chi connectivity index (χ2n) is 2.82. The quantitative estimate of drug-likeness (QED) is 0.454. The highest BCUT2D eigenvalue weighted by Gasteiger charge is 2.18. The van der Waals surface area contributed by atoms with E-state index in [1.54, 1.807) is 0 Å². The van der Waals surface area contributed by atoms with Crippen molar-refractivity contribution in [3.63, 3.8) is 0 Å². The Hall–Kier alpha value is -1.62. The standard InChI is InChI=1S/C9H8ClNO4/c1-5(12)7-3-6(11(13)14)4-8(10)9(7)15-2/h3-4H,1-2H3. The van der Waals surface area contributed by atoms with Crippen LogP contribution in [0, 0.1) is 10.1 Å². The van der Waals surface area contributed by atoms with Gasteiger partial charge in [0, 0.05) is 12.1 Å². The van der Waals surface area contributed by atoms with Gasteiger partial charge in [-0.25, -0.2) is 0 Å². The van der Waals surface area contributed by atoms with Gasteiger partial charge in [0.05, 0.1) is 22.6 Å². The molecular weight excluding hydrogens is 222 g/mol. The van der Waals surface area contributed by atoms with Crippen LogP contribution in [0.5, 0.6) is 5.75 Å². The highest BCUT2D eigenvalue weighted by atomic mass is 35.5. The zero-order chi connectivity index (χ0) is 11.6. The number of ether oxygens (including phenoxy) is 1. The number of methoxy groups -OCH3 is 1. The molecule has 0 unspecified atom stereocenters. The number of hydrogen-bond donors (Lipinski definition) is 0. The van der Waals surface area contributed by atoms with Gasteiger partial charge in [-0.1, -0.05) is 11.6 Å². The summed E-state index contributed by atoms with van der Waals surface area (Å²) in [5.74, 6) is -0.174. The predicted octanol–water partition coefficient (Wildman–Crippen LogP) is 2.46. The minimum absolute atomic E-state index is 0.0527. The third kappa shape index (κ3) is 2.24. The van der Waals surface area contributed by atoms with Gasteiger partial charge < -0.3 is 4.74 Å². The van der Waals surface area contributed by atoms with Gasteiger partial charge in [0.15, 0.2) is 5.78 Å². The molecule has 0 heterocycles. The summed E-state index contributed by atoms with van der Waals surface area (Å²) < 4.78 is 4.90. The van der Waals surface area contributed by atoms with Gasteiger partial charge in [-0.2, -0.15) is 0 Å². The van der Waals surface area contributed by atoms with Crippen LogP contribution in [0.1, 0.15) is 17.3 Å². The maximum Gasteiger partial charge on any atom is 0.271 e. The minimum Gasteiger partial charge on any atom is -0.494 e. The van der Waals surface area contributed by atoms with E-state index in [0.29, 0.717) is 0 Å². The summed E-state index contributed by atoms with van der Waals surface area (Å²) in [4.78, 5) is 21.1. The lowest BCUT2D eigenvalue weighted by atomic mass is 10.1. The summed E-state index contributed by atoms with van der Waals surface area (Å²) in [5, 5.41) is 10.6. The monoisotopic (exact) mass is 229 g/mol. The van der Waals surface area contributed by atoms with Gasteiger partial charge in [-0.15, -0.1) is 0 Å². The number of non-ortho nitro benzene ring substituents is 1. The molecule has 5 nitrogen and oxygen atoms in total. The first kappa shape index (κ1) is 11.5.